The first kappa shape index (κ1) is 12.5. The third-order valence-electron chi connectivity index (χ3n) is 2.94. The molecule has 2 rings (SSSR count). The zero-order valence-corrected chi connectivity index (χ0v) is 10.2. The number of sulfonamides is 1. The minimum absolute atomic E-state index is 0.00554. The maximum atomic E-state index is 12.9. The number of aryl methyl sites for hydroxylation is 1. The van der Waals surface area contributed by atoms with E-state index in [-0.39, 0.29) is 17.4 Å². The van der Waals surface area contributed by atoms with Crippen molar-refractivity contribution in [3.63, 3.8) is 0 Å². The number of rotatable bonds is 3. The van der Waals surface area contributed by atoms with E-state index in [1.165, 1.54) is 16.4 Å². The van der Waals surface area contributed by atoms with Crippen LogP contribution in [0.3, 0.4) is 0 Å². The Balaban J connectivity index is 2.27. The van der Waals surface area contributed by atoms with Gasteiger partial charge in [-0.05, 0) is 30.7 Å². The van der Waals surface area contributed by atoms with Crippen molar-refractivity contribution in [3.8, 4) is 0 Å². The van der Waals surface area contributed by atoms with Crippen LogP contribution in [0.1, 0.15) is 5.56 Å². The normalized spacial score (nSPS) is 18.1. The molecule has 1 aromatic rings. The molecule has 0 radical (unpaired) electrons. The molecule has 0 spiro atoms. The standard InChI is InChI=1S/C11H14FNO3S/c1-8-4-10(12)2-3-11(8)17(15,16)13-5-9(6-13)7-14/h2-4,9,14H,5-7H2,1H3. The molecule has 0 amide bonds. The van der Waals surface area contributed by atoms with E-state index < -0.39 is 15.8 Å². The third-order valence-corrected chi connectivity index (χ3v) is 4.93. The van der Waals surface area contributed by atoms with Gasteiger partial charge in [-0.1, -0.05) is 0 Å². The van der Waals surface area contributed by atoms with Gasteiger partial charge in [-0.3, -0.25) is 0 Å². The van der Waals surface area contributed by atoms with Gasteiger partial charge in [-0.2, -0.15) is 4.31 Å². The van der Waals surface area contributed by atoms with Gasteiger partial charge in [-0.15, -0.1) is 0 Å². The Bertz CT molecular complexity index is 524. The minimum Gasteiger partial charge on any atom is -0.396 e. The van der Waals surface area contributed by atoms with Crippen molar-refractivity contribution in [2.24, 2.45) is 5.92 Å². The van der Waals surface area contributed by atoms with Crippen LogP contribution < -0.4 is 0 Å². The van der Waals surface area contributed by atoms with Crippen LogP contribution in [-0.2, 0) is 10.0 Å². The summed E-state index contributed by atoms with van der Waals surface area (Å²) in [5.41, 5.74) is 0.400. The van der Waals surface area contributed by atoms with Gasteiger partial charge in [0.2, 0.25) is 10.0 Å². The number of nitrogens with zero attached hydrogens (tertiary/aromatic N) is 1. The quantitative estimate of drug-likeness (QED) is 0.871. The summed E-state index contributed by atoms with van der Waals surface area (Å²) in [6.45, 7) is 2.22. The maximum absolute atomic E-state index is 12.9. The van der Waals surface area contributed by atoms with Gasteiger partial charge < -0.3 is 5.11 Å². The Kier molecular flexibility index (Phi) is 3.20. The monoisotopic (exact) mass is 259 g/mol. The summed E-state index contributed by atoms with van der Waals surface area (Å²) in [6.07, 6.45) is 0. The number of aliphatic hydroxyl groups excluding tert-OH is 1. The van der Waals surface area contributed by atoms with Gasteiger partial charge >= 0.3 is 0 Å². The third kappa shape index (κ3) is 2.20. The topological polar surface area (TPSA) is 57.6 Å². The van der Waals surface area contributed by atoms with Crippen LogP contribution >= 0.6 is 0 Å². The molecule has 0 aliphatic carbocycles. The molecule has 0 atom stereocenters. The molecule has 1 aliphatic rings. The average molecular weight is 259 g/mol. The van der Waals surface area contributed by atoms with Crippen molar-refractivity contribution in [1.82, 2.24) is 4.31 Å². The molecule has 1 fully saturated rings. The van der Waals surface area contributed by atoms with Crippen molar-refractivity contribution in [3.05, 3.63) is 29.6 Å². The van der Waals surface area contributed by atoms with E-state index in [4.69, 9.17) is 5.11 Å². The molecule has 1 aromatic carbocycles. The Morgan fingerprint density at radius 3 is 2.65 bits per heavy atom. The van der Waals surface area contributed by atoms with Crippen LogP contribution in [0.5, 0.6) is 0 Å². The van der Waals surface area contributed by atoms with Crippen molar-refractivity contribution in [2.45, 2.75) is 11.8 Å². The molecule has 4 nitrogen and oxygen atoms in total. The van der Waals surface area contributed by atoms with Crippen LogP contribution in [0.4, 0.5) is 4.39 Å². The highest BCUT2D eigenvalue weighted by Gasteiger charge is 2.36. The van der Waals surface area contributed by atoms with Crippen molar-refractivity contribution in [1.29, 1.82) is 0 Å². The average Bonchev–Trinajstić information content (AvgIpc) is 2.14. The lowest BCUT2D eigenvalue weighted by Crippen LogP contribution is -2.51. The summed E-state index contributed by atoms with van der Waals surface area (Å²) in [5, 5.41) is 8.86. The van der Waals surface area contributed by atoms with E-state index in [1.807, 2.05) is 0 Å². The van der Waals surface area contributed by atoms with Crippen LogP contribution in [0, 0.1) is 18.7 Å². The molecule has 1 N–H and O–H groups in total. The molecule has 0 aromatic heterocycles. The molecule has 1 heterocycles. The zero-order chi connectivity index (χ0) is 12.6. The van der Waals surface area contributed by atoms with Gasteiger partial charge in [-0.25, -0.2) is 12.8 Å². The number of hydrogen-bond acceptors (Lipinski definition) is 3. The molecule has 1 saturated heterocycles. The van der Waals surface area contributed by atoms with E-state index >= 15 is 0 Å². The summed E-state index contributed by atoms with van der Waals surface area (Å²) in [5.74, 6) is -0.427. The number of halogens is 1. The smallest absolute Gasteiger partial charge is 0.243 e. The van der Waals surface area contributed by atoms with E-state index in [0.717, 1.165) is 6.07 Å². The fourth-order valence-electron chi connectivity index (χ4n) is 1.88. The lowest BCUT2D eigenvalue weighted by Gasteiger charge is -2.37. The summed E-state index contributed by atoms with van der Waals surface area (Å²) in [4.78, 5) is 0.135. The lowest BCUT2D eigenvalue weighted by molar-refractivity contribution is 0.117. The SMILES string of the molecule is Cc1cc(F)ccc1S(=O)(=O)N1CC(CO)C1. The highest BCUT2D eigenvalue weighted by Crippen LogP contribution is 2.26. The van der Waals surface area contributed by atoms with E-state index in [9.17, 15) is 12.8 Å². The Labute approximate surface area is 99.7 Å². The summed E-state index contributed by atoms with van der Waals surface area (Å²) >= 11 is 0. The number of benzene rings is 1. The molecule has 1 aliphatic heterocycles. The highest BCUT2D eigenvalue weighted by molar-refractivity contribution is 7.89. The zero-order valence-electron chi connectivity index (χ0n) is 9.43. The highest BCUT2D eigenvalue weighted by atomic mass is 32.2. The molecular formula is C11H14FNO3S. The fourth-order valence-corrected chi connectivity index (χ4v) is 3.67. The van der Waals surface area contributed by atoms with Crippen LogP contribution in [-0.4, -0.2) is 37.5 Å². The Hall–Kier alpha value is -0.980. The largest absolute Gasteiger partial charge is 0.396 e. The summed E-state index contributed by atoms with van der Waals surface area (Å²) in [7, 11) is -3.54. The van der Waals surface area contributed by atoms with Crippen LogP contribution in [0.15, 0.2) is 23.1 Å². The molecule has 0 saturated carbocycles. The van der Waals surface area contributed by atoms with Crippen LogP contribution in [0.25, 0.3) is 0 Å². The summed E-state index contributed by atoms with van der Waals surface area (Å²) in [6, 6.07) is 3.63. The van der Waals surface area contributed by atoms with Crippen molar-refractivity contribution < 1.29 is 17.9 Å². The van der Waals surface area contributed by atoms with Crippen molar-refractivity contribution >= 4 is 10.0 Å². The first-order valence-electron chi connectivity index (χ1n) is 5.32. The molecule has 6 heteroatoms. The second-order valence-corrected chi connectivity index (χ2v) is 6.19. The molecule has 94 valence electrons. The molecule has 0 bridgehead atoms. The maximum Gasteiger partial charge on any atom is 0.243 e. The van der Waals surface area contributed by atoms with Gasteiger partial charge in [0, 0.05) is 25.6 Å². The van der Waals surface area contributed by atoms with Crippen molar-refractivity contribution in [2.75, 3.05) is 19.7 Å². The molecule has 17 heavy (non-hydrogen) atoms. The lowest BCUT2D eigenvalue weighted by atomic mass is 10.1. The number of aliphatic hydroxyl groups is 1. The van der Waals surface area contributed by atoms with E-state index in [1.54, 1.807) is 6.92 Å². The van der Waals surface area contributed by atoms with Gasteiger partial charge in [0.1, 0.15) is 5.82 Å². The van der Waals surface area contributed by atoms with Crippen LogP contribution in [0.2, 0.25) is 0 Å². The first-order chi connectivity index (χ1) is 7.95. The first-order valence-corrected chi connectivity index (χ1v) is 6.76. The second kappa shape index (κ2) is 4.36. The fraction of sp³-hybridized carbons (Fsp3) is 0.455. The van der Waals surface area contributed by atoms with Gasteiger partial charge in [0.05, 0.1) is 4.90 Å². The predicted octanol–water partition coefficient (Wildman–Crippen LogP) is 0.747. The van der Waals surface area contributed by atoms with Gasteiger partial charge in [0.25, 0.3) is 0 Å². The Morgan fingerprint density at radius 2 is 2.12 bits per heavy atom. The minimum atomic E-state index is -3.54. The van der Waals surface area contributed by atoms with Gasteiger partial charge in [0.15, 0.2) is 0 Å². The van der Waals surface area contributed by atoms with E-state index in [0.29, 0.717) is 18.7 Å². The number of hydrogen-bond donors (Lipinski definition) is 1. The molecular weight excluding hydrogens is 245 g/mol. The Morgan fingerprint density at radius 1 is 1.47 bits per heavy atom. The van der Waals surface area contributed by atoms with E-state index in [2.05, 4.69) is 0 Å². The second-order valence-electron chi connectivity index (χ2n) is 4.28. The predicted molar refractivity (Wildman–Crippen MR) is 60.5 cm³/mol. The summed E-state index contributed by atoms with van der Waals surface area (Å²) < 4.78 is 38.5. The molecule has 0 unspecified atom stereocenters.